The van der Waals surface area contributed by atoms with Gasteiger partial charge in [0.1, 0.15) is 0 Å². The van der Waals surface area contributed by atoms with Crippen molar-refractivity contribution in [3.63, 3.8) is 0 Å². The van der Waals surface area contributed by atoms with Crippen molar-refractivity contribution < 1.29 is 0 Å². The van der Waals surface area contributed by atoms with Gasteiger partial charge in [0.15, 0.2) is 0 Å². The Morgan fingerprint density at radius 3 is 2.80 bits per heavy atom. The molecule has 3 rings (SSSR count). The molecule has 1 aliphatic carbocycles. The lowest BCUT2D eigenvalue weighted by atomic mass is 10.1. The molecule has 2 heterocycles. The first-order valence-corrected chi connectivity index (χ1v) is 5.97. The maximum atomic E-state index is 6.31. The molecule has 0 radical (unpaired) electrons. The average molecular weight is 265 g/mol. The van der Waals surface area contributed by atoms with E-state index < -0.39 is 0 Å². The lowest BCUT2D eigenvalue weighted by Crippen LogP contribution is -2.21. The van der Waals surface area contributed by atoms with Crippen LogP contribution in [0.5, 0.6) is 0 Å². The second-order valence-corrected chi connectivity index (χ2v) is 5.19. The van der Waals surface area contributed by atoms with Crippen LogP contribution in [0, 0.1) is 6.92 Å². The van der Waals surface area contributed by atoms with Gasteiger partial charge in [-0.25, -0.2) is 0 Å². The predicted molar refractivity (Wildman–Crippen MR) is 64.9 cm³/mol. The van der Waals surface area contributed by atoms with Gasteiger partial charge in [-0.05, 0) is 53.4 Å². The summed E-state index contributed by atoms with van der Waals surface area (Å²) in [7, 11) is 0. The summed E-state index contributed by atoms with van der Waals surface area (Å²) >= 11 is 3.65. The van der Waals surface area contributed by atoms with Crippen LogP contribution in [0.3, 0.4) is 0 Å². The van der Waals surface area contributed by atoms with Gasteiger partial charge in [0.25, 0.3) is 0 Å². The molecular formula is C12H13BrN2. The van der Waals surface area contributed by atoms with E-state index in [0.29, 0.717) is 0 Å². The van der Waals surface area contributed by atoms with E-state index in [2.05, 4.69) is 45.6 Å². The van der Waals surface area contributed by atoms with E-state index in [0.717, 1.165) is 12.8 Å². The van der Waals surface area contributed by atoms with Crippen molar-refractivity contribution in [2.45, 2.75) is 25.3 Å². The maximum Gasteiger partial charge on any atom is 0.0598 e. The number of nitrogens with two attached hydrogens (primary N) is 1. The van der Waals surface area contributed by atoms with Gasteiger partial charge in [-0.2, -0.15) is 0 Å². The van der Waals surface area contributed by atoms with Crippen LogP contribution in [-0.2, 0) is 5.54 Å². The normalized spacial score (nSPS) is 18.3. The van der Waals surface area contributed by atoms with Crippen LogP contribution in [-0.4, -0.2) is 4.40 Å². The quantitative estimate of drug-likeness (QED) is 0.844. The molecule has 2 N–H and O–H groups in total. The van der Waals surface area contributed by atoms with E-state index in [4.69, 9.17) is 5.73 Å². The molecule has 78 valence electrons. The lowest BCUT2D eigenvalue weighted by molar-refractivity contribution is 0.692. The molecule has 0 bridgehead atoms. The number of pyridine rings is 1. The summed E-state index contributed by atoms with van der Waals surface area (Å²) in [6.45, 7) is 2.14. The fourth-order valence-electron chi connectivity index (χ4n) is 2.28. The third-order valence-corrected chi connectivity index (χ3v) is 4.27. The molecule has 15 heavy (non-hydrogen) atoms. The Morgan fingerprint density at radius 2 is 2.13 bits per heavy atom. The highest BCUT2D eigenvalue weighted by molar-refractivity contribution is 9.10. The molecule has 2 aromatic rings. The van der Waals surface area contributed by atoms with E-state index in [1.807, 2.05) is 6.07 Å². The summed E-state index contributed by atoms with van der Waals surface area (Å²) in [5.41, 5.74) is 9.98. The molecular weight excluding hydrogens is 252 g/mol. The zero-order valence-corrected chi connectivity index (χ0v) is 10.2. The zero-order valence-electron chi connectivity index (χ0n) is 8.63. The third kappa shape index (κ3) is 1.20. The molecule has 0 spiro atoms. The van der Waals surface area contributed by atoms with E-state index in [-0.39, 0.29) is 5.54 Å². The highest BCUT2D eigenvalue weighted by Crippen LogP contribution is 2.46. The number of fused-ring (bicyclic) bond motifs is 1. The largest absolute Gasteiger partial charge is 0.320 e. The Labute approximate surface area is 97.2 Å². The summed E-state index contributed by atoms with van der Waals surface area (Å²) in [6, 6.07) is 6.22. The summed E-state index contributed by atoms with van der Waals surface area (Å²) in [5.74, 6) is 0. The summed E-state index contributed by atoms with van der Waals surface area (Å²) < 4.78 is 3.39. The van der Waals surface area contributed by atoms with Crippen molar-refractivity contribution in [2.75, 3.05) is 0 Å². The van der Waals surface area contributed by atoms with Gasteiger partial charge in [0.2, 0.25) is 0 Å². The molecule has 0 unspecified atom stereocenters. The van der Waals surface area contributed by atoms with Crippen LogP contribution < -0.4 is 5.73 Å². The standard InChI is InChI=1S/C12H13BrN2/c1-8-10(13)9-4-2-3-7-15(9)11(8)12(14)5-6-12/h2-4,7H,5-6,14H2,1H3. The molecule has 0 amide bonds. The minimum atomic E-state index is -0.0830. The minimum Gasteiger partial charge on any atom is -0.320 e. The Kier molecular flexibility index (Phi) is 1.80. The summed E-state index contributed by atoms with van der Waals surface area (Å²) in [4.78, 5) is 0. The van der Waals surface area contributed by atoms with Gasteiger partial charge in [-0.3, -0.25) is 0 Å². The second-order valence-electron chi connectivity index (χ2n) is 4.40. The van der Waals surface area contributed by atoms with Crippen molar-refractivity contribution in [1.82, 2.24) is 4.40 Å². The van der Waals surface area contributed by atoms with Gasteiger partial charge >= 0.3 is 0 Å². The molecule has 3 heteroatoms. The summed E-state index contributed by atoms with van der Waals surface area (Å²) in [6.07, 6.45) is 4.29. The fraction of sp³-hybridized carbons (Fsp3) is 0.333. The number of aromatic nitrogens is 1. The van der Waals surface area contributed by atoms with Crippen molar-refractivity contribution in [3.05, 3.63) is 40.1 Å². The van der Waals surface area contributed by atoms with Crippen LogP contribution in [0.25, 0.3) is 5.52 Å². The maximum absolute atomic E-state index is 6.31. The van der Waals surface area contributed by atoms with Crippen molar-refractivity contribution >= 4 is 21.4 Å². The number of rotatable bonds is 1. The first kappa shape index (κ1) is 9.43. The lowest BCUT2D eigenvalue weighted by Gasteiger charge is -2.10. The number of hydrogen-bond acceptors (Lipinski definition) is 1. The molecule has 0 aromatic carbocycles. The van der Waals surface area contributed by atoms with Crippen LogP contribution >= 0.6 is 15.9 Å². The van der Waals surface area contributed by atoms with Gasteiger partial charge in [-0.1, -0.05) is 6.07 Å². The molecule has 1 saturated carbocycles. The van der Waals surface area contributed by atoms with E-state index in [1.165, 1.54) is 21.2 Å². The first-order chi connectivity index (χ1) is 7.13. The number of hydrogen-bond donors (Lipinski definition) is 1. The summed E-state index contributed by atoms with van der Waals surface area (Å²) in [5, 5.41) is 0. The van der Waals surface area contributed by atoms with Crippen molar-refractivity contribution in [2.24, 2.45) is 5.73 Å². The molecule has 0 atom stereocenters. The van der Waals surface area contributed by atoms with Crippen LogP contribution in [0.15, 0.2) is 28.9 Å². The van der Waals surface area contributed by atoms with E-state index in [1.54, 1.807) is 0 Å². The molecule has 2 aromatic heterocycles. The SMILES string of the molecule is Cc1c(Br)c2ccccn2c1C1(N)CC1. The number of halogens is 1. The monoisotopic (exact) mass is 264 g/mol. The van der Waals surface area contributed by atoms with Gasteiger partial charge in [-0.15, -0.1) is 0 Å². The zero-order chi connectivity index (χ0) is 10.6. The van der Waals surface area contributed by atoms with Gasteiger partial charge < -0.3 is 10.1 Å². The number of nitrogens with zero attached hydrogens (tertiary/aromatic N) is 1. The Bertz CT molecular complexity index is 538. The van der Waals surface area contributed by atoms with Crippen molar-refractivity contribution in [3.8, 4) is 0 Å². The van der Waals surface area contributed by atoms with E-state index >= 15 is 0 Å². The van der Waals surface area contributed by atoms with Crippen LogP contribution in [0.2, 0.25) is 0 Å². The highest BCUT2D eigenvalue weighted by Gasteiger charge is 2.43. The molecule has 2 nitrogen and oxygen atoms in total. The van der Waals surface area contributed by atoms with E-state index in [9.17, 15) is 0 Å². The first-order valence-electron chi connectivity index (χ1n) is 5.18. The Balaban J connectivity index is 2.42. The molecule has 1 fully saturated rings. The average Bonchev–Trinajstić information content (AvgIpc) is 2.91. The molecule has 0 aliphatic heterocycles. The topological polar surface area (TPSA) is 30.4 Å². The second kappa shape index (κ2) is 2.86. The molecule has 0 saturated heterocycles. The Hall–Kier alpha value is -0.800. The fourth-order valence-corrected chi connectivity index (χ4v) is 2.79. The smallest absolute Gasteiger partial charge is 0.0598 e. The highest BCUT2D eigenvalue weighted by atomic mass is 79.9. The van der Waals surface area contributed by atoms with Crippen LogP contribution in [0.4, 0.5) is 0 Å². The van der Waals surface area contributed by atoms with Gasteiger partial charge in [0.05, 0.1) is 11.1 Å². The minimum absolute atomic E-state index is 0.0830. The van der Waals surface area contributed by atoms with Gasteiger partial charge in [0, 0.05) is 16.4 Å². The third-order valence-electron chi connectivity index (χ3n) is 3.27. The van der Waals surface area contributed by atoms with Crippen LogP contribution in [0.1, 0.15) is 24.1 Å². The molecule has 1 aliphatic rings. The Morgan fingerprint density at radius 1 is 1.40 bits per heavy atom. The predicted octanol–water partition coefficient (Wildman–Crippen LogP) is 2.96. The van der Waals surface area contributed by atoms with Crippen molar-refractivity contribution in [1.29, 1.82) is 0 Å².